The Morgan fingerprint density at radius 3 is 2.79 bits per heavy atom. The number of piperazine rings is 1. The van der Waals surface area contributed by atoms with Crippen LogP contribution in [-0.2, 0) is 22.7 Å². The molecule has 1 aliphatic rings. The summed E-state index contributed by atoms with van der Waals surface area (Å²) in [5.74, 6) is 0.0242. The second kappa shape index (κ2) is 11.4. The quantitative estimate of drug-likeness (QED) is 0.717. The summed E-state index contributed by atoms with van der Waals surface area (Å²) in [6, 6.07) is 16.0. The van der Waals surface area contributed by atoms with Gasteiger partial charge in [-0.05, 0) is 28.8 Å². The Hall–Kier alpha value is -1.63. The first-order chi connectivity index (χ1) is 13.2. The summed E-state index contributed by atoms with van der Waals surface area (Å²) in [7, 11) is 1.68. The monoisotopic (exact) mass is 423 g/mol. The van der Waals surface area contributed by atoms with Crippen LogP contribution >= 0.6 is 24.0 Å². The van der Waals surface area contributed by atoms with Crippen LogP contribution in [0.2, 0.25) is 5.02 Å². The van der Waals surface area contributed by atoms with E-state index in [1.165, 1.54) is 0 Å². The van der Waals surface area contributed by atoms with E-state index in [2.05, 4.69) is 21.6 Å². The number of hydrogen-bond acceptors (Lipinski definition) is 4. The molecule has 2 aromatic rings. The fourth-order valence-electron chi connectivity index (χ4n) is 3.44. The minimum absolute atomic E-state index is 0. The number of halogens is 2. The molecule has 0 spiro atoms. The number of rotatable bonds is 7. The van der Waals surface area contributed by atoms with E-state index in [1.807, 2.05) is 42.5 Å². The van der Waals surface area contributed by atoms with Gasteiger partial charge in [-0.15, -0.1) is 12.4 Å². The summed E-state index contributed by atoms with van der Waals surface area (Å²) in [5.41, 5.74) is 3.31. The molecule has 7 heteroatoms. The number of ether oxygens (including phenoxy) is 1. The number of nitrogens with zero attached hydrogens (tertiary/aromatic N) is 1. The Bertz CT molecular complexity index is 773. The normalized spacial score (nSPS) is 17.0. The smallest absolute Gasteiger partial charge is 0.234 e. The Balaban J connectivity index is 0.00000280. The lowest BCUT2D eigenvalue weighted by Crippen LogP contribution is -2.49. The van der Waals surface area contributed by atoms with E-state index in [-0.39, 0.29) is 24.4 Å². The average molecular weight is 424 g/mol. The third-order valence-corrected chi connectivity index (χ3v) is 5.06. The second-order valence-corrected chi connectivity index (χ2v) is 7.16. The van der Waals surface area contributed by atoms with Crippen LogP contribution in [0.5, 0.6) is 0 Å². The van der Waals surface area contributed by atoms with Gasteiger partial charge in [-0.3, -0.25) is 9.69 Å². The first-order valence-corrected chi connectivity index (χ1v) is 9.58. The molecule has 1 atom stereocenters. The Kier molecular flexibility index (Phi) is 9.22. The van der Waals surface area contributed by atoms with E-state index < -0.39 is 0 Å². The maximum Gasteiger partial charge on any atom is 0.234 e. The van der Waals surface area contributed by atoms with Crippen molar-refractivity contribution in [3.05, 3.63) is 70.2 Å². The molecular weight excluding hydrogens is 397 g/mol. The highest BCUT2D eigenvalue weighted by Crippen LogP contribution is 2.24. The zero-order valence-electron chi connectivity index (χ0n) is 16.0. The zero-order chi connectivity index (χ0) is 19.1. The van der Waals surface area contributed by atoms with Gasteiger partial charge in [0.25, 0.3) is 0 Å². The van der Waals surface area contributed by atoms with Crippen LogP contribution in [0.3, 0.4) is 0 Å². The summed E-state index contributed by atoms with van der Waals surface area (Å²) >= 11 is 6.15. The van der Waals surface area contributed by atoms with Crippen molar-refractivity contribution in [2.24, 2.45) is 0 Å². The summed E-state index contributed by atoms with van der Waals surface area (Å²) in [5, 5.41) is 7.17. The van der Waals surface area contributed by atoms with Crippen LogP contribution in [-0.4, -0.2) is 44.1 Å². The van der Waals surface area contributed by atoms with Gasteiger partial charge in [0, 0.05) is 44.4 Å². The highest BCUT2D eigenvalue weighted by molar-refractivity contribution is 6.30. The van der Waals surface area contributed by atoms with Crippen molar-refractivity contribution < 1.29 is 9.53 Å². The van der Waals surface area contributed by atoms with Crippen molar-refractivity contribution in [1.82, 2.24) is 15.5 Å². The van der Waals surface area contributed by atoms with Crippen LogP contribution in [0.1, 0.15) is 22.7 Å². The minimum Gasteiger partial charge on any atom is -0.380 e. The predicted octanol–water partition coefficient (Wildman–Crippen LogP) is 3.17. The maximum atomic E-state index is 12.6. The van der Waals surface area contributed by atoms with Gasteiger partial charge in [-0.25, -0.2) is 0 Å². The van der Waals surface area contributed by atoms with Crippen LogP contribution in [0.4, 0.5) is 0 Å². The maximum absolute atomic E-state index is 12.6. The SMILES string of the molecule is COCc1ccccc1CNC(=O)CN1CCNCC1c1cccc(Cl)c1.Cl. The van der Waals surface area contributed by atoms with Crippen molar-refractivity contribution in [3.63, 3.8) is 0 Å². The van der Waals surface area contributed by atoms with Crippen molar-refractivity contribution in [2.45, 2.75) is 19.2 Å². The molecule has 152 valence electrons. The van der Waals surface area contributed by atoms with Crippen molar-refractivity contribution in [3.8, 4) is 0 Å². The van der Waals surface area contributed by atoms with E-state index in [9.17, 15) is 4.79 Å². The van der Waals surface area contributed by atoms with Crippen LogP contribution in [0, 0.1) is 0 Å². The summed E-state index contributed by atoms with van der Waals surface area (Å²) in [6.45, 7) is 3.93. The van der Waals surface area contributed by atoms with Crippen molar-refractivity contribution in [1.29, 1.82) is 0 Å². The Labute approximate surface area is 177 Å². The van der Waals surface area contributed by atoms with Gasteiger partial charge in [-0.2, -0.15) is 0 Å². The molecular formula is C21H27Cl2N3O2. The van der Waals surface area contributed by atoms with E-state index in [1.54, 1.807) is 7.11 Å². The molecule has 1 aliphatic heterocycles. The highest BCUT2D eigenvalue weighted by Gasteiger charge is 2.25. The molecule has 3 rings (SSSR count). The minimum atomic E-state index is 0. The molecule has 0 saturated carbocycles. The van der Waals surface area contributed by atoms with Gasteiger partial charge in [0.05, 0.1) is 13.2 Å². The number of amides is 1. The van der Waals surface area contributed by atoms with E-state index in [0.717, 1.165) is 41.3 Å². The summed E-state index contributed by atoms with van der Waals surface area (Å²) < 4.78 is 5.23. The first kappa shape index (κ1) is 22.7. The lowest BCUT2D eigenvalue weighted by Gasteiger charge is -2.36. The number of carbonyl (C=O) groups is 1. The largest absolute Gasteiger partial charge is 0.380 e. The predicted molar refractivity (Wildman–Crippen MR) is 115 cm³/mol. The number of methoxy groups -OCH3 is 1. The van der Waals surface area contributed by atoms with Crippen LogP contribution in [0.25, 0.3) is 0 Å². The lowest BCUT2D eigenvalue weighted by atomic mass is 10.0. The standard InChI is InChI=1S/C21H26ClN3O2.ClH/c1-27-15-18-6-3-2-5-17(18)12-24-21(26)14-25-10-9-23-13-20(25)16-7-4-8-19(22)11-16;/h2-8,11,20,23H,9-10,12-15H2,1H3,(H,24,26);1H. The summed E-state index contributed by atoms with van der Waals surface area (Å²) in [6.07, 6.45) is 0. The molecule has 0 aliphatic carbocycles. The lowest BCUT2D eigenvalue weighted by molar-refractivity contribution is -0.123. The first-order valence-electron chi connectivity index (χ1n) is 9.20. The molecule has 2 N–H and O–H groups in total. The van der Waals surface area contributed by atoms with Gasteiger partial charge >= 0.3 is 0 Å². The molecule has 0 aromatic heterocycles. The van der Waals surface area contributed by atoms with E-state index in [4.69, 9.17) is 16.3 Å². The fourth-order valence-corrected chi connectivity index (χ4v) is 3.64. The zero-order valence-corrected chi connectivity index (χ0v) is 17.6. The molecule has 1 heterocycles. The van der Waals surface area contributed by atoms with Crippen LogP contribution in [0.15, 0.2) is 48.5 Å². The molecule has 28 heavy (non-hydrogen) atoms. The second-order valence-electron chi connectivity index (χ2n) is 6.72. The third-order valence-electron chi connectivity index (χ3n) is 4.83. The van der Waals surface area contributed by atoms with Gasteiger partial charge < -0.3 is 15.4 Å². The fraction of sp³-hybridized carbons (Fsp3) is 0.381. The van der Waals surface area contributed by atoms with Crippen molar-refractivity contribution in [2.75, 3.05) is 33.3 Å². The highest BCUT2D eigenvalue weighted by atomic mass is 35.5. The summed E-state index contributed by atoms with van der Waals surface area (Å²) in [4.78, 5) is 14.8. The molecule has 1 unspecified atom stereocenters. The number of benzene rings is 2. The Morgan fingerprint density at radius 1 is 1.25 bits per heavy atom. The molecule has 0 bridgehead atoms. The molecule has 5 nitrogen and oxygen atoms in total. The van der Waals surface area contributed by atoms with E-state index >= 15 is 0 Å². The van der Waals surface area contributed by atoms with E-state index in [0.29, 0.717) is 19.7 Å². The average Bonchev–Trinajstić information content (AvgIpc) is 2.68. The molecule has 0 radical (unpaired) electrons. The topological polar surface area (TPSA) is 53.6 Å². The van der Waals surface area contributed by atoms with Crippen LogP contribution < -0.4 is 10.6 Å². The molecule has 1 amide bonds. The number of hydrogen-bond donors (Lipinski definition) is 2. The Morgan fingerprint density at radius 2 is 2.04 bits per heavy atom. The molecule has 1 saturated heterocycles. The van der Waals surface area contributed by atoms with Gasteiger partial charge in [0.2, 0.25) is 5.91 Å². The van der Waals surface area contributed by atoms with Crippen molar-refractivity contribution >= 4 is 29.9 Å². The van der Waals surface area contributed by atoms with Gasteiger partial charge in [0.15, 0.2) is 0 Å². The molecule has 2 aromatic carbocycles. The van der Waals surface area contributed by atoms with Gasteiger partial charge in [-0.1, -0.05) is 48.0 Å². The number of carbonyl (C=O) groups excluding carboxylic acids is 1. The van der Waals surface area contributed by atoms with Gasteiger partial charge in [0.1, 0.15) is 0 Å². The molecule has 1 fully saturated rings. The number of nitrogens with one attached hydrogen (secondary N) is 2. The third kappa shape index (κ3) is 6.19.